The summed E-state index contributed by atoms with van der Waals surface area (Å²) in [6.07, 6.45) is 0.618. The van der Waals surface area contributed by atoms with Crippen LogP contribution >= 0.6 is 0 Å². The number of hydrogen-bond donors (Lipinski definition) is 2. The van der Waals surface area contributed by atoms with Crippen molar-refractivity contribution in [2.45, 2.75) is 13.3 Å². The zero-order valence-electron chi connectivity index (χ0n) is 12.6. The normalized spacial score (nSPS) is 20.7. The summed E-state index contributed by atoms with van der Waals surface area (Å²) in [5.41, 5.74) is 0.897. The summed E-state index contributed by atoms with van der Waals surface area (Å²) in [4.78, 5) is 24.7. The average Bonchev–Trinajstić information content (AvgIpc) is 2.51. The molecule has 2 atom stereocenters. The molecule has 0 bridgehead atoms. The average molecular weight is 300 g/mol. The number of carboxylic acids is 1. The summed E-state index contributed by atoms with van der Waals surface area (Å²) in [6, 6.07) is 9.29. The Morgan fingerprint density at radius 2 is 2.05 bits per heavy atom. The molecular formula is C17H20N2O3. The minimum absolute atomic E-state index is 0.191. The first-order valence-corrected chi connectivity index (χ1v) is 7.35. The largest absolute Gasteiger partial charge is 0.481 e. The van der Waals surface area contributed by atoms with Crippen LogP contribution in [0.15, 0.2) is 30.3 Å². The number of nitrogens with one attached hydrogen (secondary N) is 1. The van der Waals surface area contributed by atoms with Crippen molar-refractivity contribution in [3.63, 3.8) is 0 Å². The van der Waals surface area contributed by atoms with Gasteiger partial charge in [0.1, 0.15) is 0 Å². The standard InChI is InChI=1S/C17H20N2O3/c1-13-10-15(16(20)21)12-19(11-13)17(22)18-9-5-8-14-6-3-2-4-7-14/h2-4,6-7,13,15H,9-12H2,1H3,(H,18,22)(H,20,21). The summed E-state index contributed by atoms with van der Waals surface area (Å²) < 4.78 is 0. The second-order valence-corrected chi connectivity index (χ2v) is 5.61. The van der Waals surface area contributed by atoms with Crippen LogP contribution in [0.2, 0.25) is 0 Å². The number of likely N-dealkylation sites (tertiary alicyclic amines) is 1. The second-order valence-electron chi connectivity index (χ2n) is 5.61. The van der Waals surface area contributed by atoms with Crippen LogP contribution in [0.1, 0.15) is 18.9 Å². The van der Waals surface area contributed by atoms with E-state index in [2.05, 4.69) is 17.2 Å². The number of carbonyl (C=O) groups excluding carboxylic acids is 1. The number of urea groups is 1. The Bertz CT molecular complexity index is 589. The summed E-state index contributed by atoms with van der Waals surface area (Å²) in [6.45, 7) is 3.06. The van der Waals surface area contributed by atoms with E-state index in [0.29, 0.717) is 13.0 Å². The van der Waals surface area contributed by atoms with Gasteiger partial charge >= 0.3 is 12.0 Å². The fourth-order valence-corrected chi connectivity index (χ4v) is 2.60. The summed E-state index contributed by atoms with van der Waals surface area (Å²) in [7, 11) is 0. The van der Waals surface area contributed by atoms with E-state index in [4.69, 9.17) is 5.11 Å². The van der Waals surface area contributed by atoms with Crippen LogP contribution in [0.5, 0.6) is 0 Å². The van der Waals surface area contributed by atoms with Crippen molar-refractivity contribution in [3.8, 4) is 11.8 Å². The molecule has 0 aliphatic carbocycles. The second kappa shape index (κ2) is 7.51. The maximum absolute atomic E-state index is 12.1. The maximum Gasteiger partial charge on any atom is 0.318 e. The molecule has 0 radical (unpaired) electrons. The van der Waals surface area contributed by atoms with E-state index in [1.807, 2.05) is 37.3 Å². The first-order valence-electron chi connectivity index (χ1n) is 7.35. The van der Waals surface area contributed by atoms with Crippen LogP contribution in [0.4, 0.5) is 4.79 Å². The van der Waals surface area contributed by atoms with Crippen LogP contribution in [-0.2, 0) is 4.79 Å². The topological polar surface area (TPSA) is 69.6 Å². The lowest BCUT2D eigenvalue weighted by atomic mass is 9.91. The molecule has 22 heavy (non-hydrogen) atoms. The van der Waals surface area contributed by atoms with E-state index in [1.54, 1.807) is 4.90 Å². The monoisotopic (exact) mass is 300 g/mol. The van der Waals surface area contributed by atoms with Crippen molar-refractivity contribution in [3.05, 3.63) is 35.9 Å². The van der Waals surface area contributed by atoms with E-state index in [0.717, 1.165) is 5.56 Å². The van der Waals surface area contributed by atoms with Crippen molar-refractivity contribution in [2.75, 3.05) is 19.6 Å². The van der Waals surface area contributed by atoms with Crippen LogP contribution in [-0.4, -0.2) is 41.6 Å². The van der Waals surface area contributed by atoms with Gasteiger partial charge in [-0.15, -0.1) is 0 Å². The van der Waals surface area contributed by atoms with Gasteiger partial charge in [0.25, 0.3) is 0 Å². The molecule has 1 aliphatic heterocycles. The highest BCUT2D eigenvalue weighted by molar-refractivity contribution is 5.76. The molecular weight excluding hydrogens is 280 g/mol. The van der Waals surface area contributed by atoms with Crippen LogP contribution in [0.25, 0.3) is 0 Å². The highest BCUT2D eigenvalue weighted by Gasteiger charge is 2.31. The van der Waals surface area contributed by atoms with Gasteiger partial charge in [0.2, 0.25) is 0 Å². The van der Waals surface area contributed by atoms with Gasteiger partial charge in [0.15, 0.2) is 0 Å². The van der Waals surface area contributed by atoms with Gasteiger partial charge in [-0.05, 0) is 24.5 Å². The van der Waals surface area contributed by atoms with Gasteiger partial charge < -0.3 is 15.3 Å². The molecule has 1 fully saturated rings. The zero-order valence-corrected chi connectivity index (χ0v) is 12.6. The molecule has 116 valence electrons. The molecule has 5 heteroatoms. The minimum Gasteiger partial charge on any atom is -0.481 e. The number of hydrogen-bond acceptors (Lipinski definition) is 2. The maximum atomic E-state index is 12.1. The number of nitrogens with zero attached hydrogens (tertiary/aromatic N) is 1. The van der Waals surface area contributed by atoms with E-state index in [-0.39, 0.29) is 25.0 Å². The Balaban J connectivity index is 1.84. The number of benzene rings is 1. The molecule has 1 aliphatic rings. The minimum atomic E-state index is -0.840. The highest BCUT2D eigenvalue weighted by Crippen LogP contribution is 2.21. The molecule has 1 aromatic rings. The smallest absolute Gasteiger partial charge is 0.318 e. The molecule has 1 heterocycles. The quantitative estimate of drug-likeness (QED) is 0.818. The Labute approximate surface area is 130 Å². The fourth-order valence-electron chi connectivity index (χ4n) is 2.60. The van der Waals surface area contributed by atoms with E-state index >= 15 is 0 Å². The van der Waals surface area contributed by atoms with Crippen molar-refractivity contribution < 1.29 is 14.7 Å². The van der Waals surface area contributed by atoms with E-state index in [1.165, 1.54) is 0 Å². The van der Waals surface area contributed by atoms with Gasteiger partial charge in [-0.25, -0.2) is 4.79 Å². The third kappa shape index (κ3) is 4.52. The lowest BCUT2D eigenvalue weighted by Crippen LogP contribution is -2.49. The zero-order chi connectivity index (χ0) is 15.9. The highest BCUT2D eigenvalue weighted by atomic mass is 16.4. The van der Waals surface area contributed by atoms with Crippen molar-refractivity contribution in [1.29, 1.82) is 0 Å². The van der Waals surface area contributed by atoms with Gasteiger partial charge in [-0.2, -0.15) is 0 Å². The van der Waals surface area contributed by atoms with Crippen molar-refractivity contribution in [1.82, 2.24) is 10.2 Å². The summed E-state index contributed by atoms with van der Waals surface area (Å²) in [5.74, 6) is 4.72. The number of carboxylic acid groups (broad SMARTS) is 1. The van der Waals surface area contributed by atoms with Gasteiger partial charge in [-0.3, -0.25) is 4.79 Å². The molecule has 1 aromatic carbocycles. The first-order chi connectivity index (χ1) is 10.6. The van der Waals surface area contributed by atoms with Crippen LogP contribution in [0.3, 0.4) is 0 Å². The molecule has 2 unspecified atom stereocenters. The molecule has 2 amide bonds. The summed E-state index contributed by atoms with van der Waals surface area (Å²) >= 11 is 0. The number of aliphatic carboxylic acids is 1. The lowest BCUT2D eigenvalue weighted by molar-refractivity contribution is -0.143. The molecule has 5 nitrogen and oxygen atoms in total. The number of carbonyl (C=O) groups is 2. The van der Waals surface area contributed by atoms with Crippen LogP contribution < -0.4 is 5.32 Å². The molecule has 0 aromatic heterocycles. The summed E-state index contributed by atoms with van der Waals surface area (Å²) in [5, 5.41) is 11.8. The Morgan fingerprint density at radius 3 is 2.73 bits per heavy atom. The fraction of sp³-hybridized carbons (Fsp3) is 0.412. The van der Waals surface area contributed by atoms with Crippen molar-refractivity contribution >= 4 is 12.0 Å². The van der Waals surface area contributed by atoms with E-state index in [9.17, 15) is 9.59 Å². The lowest BCUT2D eigenvalue weighted by Gasteiger charge is -2.34. The van der Waals surface area contributed by atoms with Crippen LogP contribution in [0, 0.1) is 23.7 Å². The molecule has 1 saturated heterocycles. The number of rotatable bonds is 2. The van der Waals surface area contributed by atoms with E-state index < -0.39 is 11.9 Å². The molecule has 2 rings (SSSR count). The first kappa shape index (κ1) is 15.9. The number of amides is 2. The molecule has 2 N–H and O–H groups in total. The molecule has 0 saturated carbocycles. The predicted octanol–water partition coefficient (Wildman–Crippen LogP) is 1.79. The predicted molar refractivity (Wildman–Crippen MR) is 83.2 cm³/mol. The van der Waals surface area contributed by atoms with Gasteiger partial charge in [-0.1, -0.05) is 37.0 Å². The Hall–Kier alpha value is -2.48. The molecule has 0 spiro atoms. The third-order valence-electron chi connectivity index (χ3n) is 3.63. The SMILES string of the molecule is CC1CC(C(=O)O)CN(C(=O)NCC#Cc2ccccc2)C1. The Morgan fingerprint density at radius 1 is 1.32 bits per heavy atom. The van der Waals surface area contributed by atoms with Gasteiger partial charge in [0, 0.05) is 18.7 Å². The number of piperidine rings is 1. The Kier molecular flexibility index (Phi) is 5.42. The third-order valence-corrected chi connectivity index (χ3v) is 3.63. The van der Waals surface area contributed by atoms with Crippen molar-refractivity contribution in [2.24, 2.45) is 11.8 Å². The van der Waals surface area contributed by atoms with Gasteiger partial charge in [0.05, 0.1) is 12.5 Å².